The van der Waals surface area contributed by atoms with E-state index in [0.29, 0.717) is 0 Å². The highest BCUT2D eigenvalue weighted by atomic mass is 127. The van der Waals surface area contributed by atoms with E-state index in [-0.39, 0.29) is 35.9 Å². The number of amides is 1. The largest absolute Gasteiger partial charge is 0.372 e. The van der Waals surface area contributed by atoms with Crippen molar-refractivity contribution < 1.29 is 4.79 Å². The predicted octanol–water partition coefficient (Wildman–Crippen LogP) is 4.33. The van der Waals surface area contributed by atoms with Gasteiger partial charge in [0.05, 0.1) is 6.04 Å². The zero-order valence-corrected chi connectivity index (χ0v) is 21.0. The molecule has 0 bridgehead atoms. The van der Waals surface area contributed by atoms with Gasteiger partial charge < -0.3 is 20.9 Å². The molecule has 1 saturated heterocycles. The number of aliphatic imine (C=N–C) groups is 1. The lowest BCUT2D eigenvalue weighted by Crippen LogP contribution is -2.39. The third-order valence-electron chi connectivity index (χ3n) is 5.40. The molecular weight excluding hydrogens is 501 g/mol. The molecule has 1 amide bonds. The fourth-order valence-corrected chi connectivity index (χ4v) is 3.73. The van der Waals surface area contributed by atoms with E-state index in [1.54, 1.807) is 7.05 Å². The molecule has 3 rings (SSSR count). The van der Waals surface area contributed by atoms with E-state index in [1.807, 2.05) is 24.3 Å². The van der Waals surface area contributed by atoms with Crippen LogP contribution < -0.4 is 20.9 Å². The summed E-state index contributed by atoms with van der Waals surface area (Å²) in [6, 6.07) is 16.9. The molecule has 1 aliphatic heterocycles. The lowest BCUT2D eigenvalue weighted by molar-refractivity contribution is -0.114. The van der Waals surface area contributed by atoms with Crippen LogP contribution in [0.5, 0.6) is 0 Å². The summed E-state index contributed by atoms with van der Waals surface area (Å²) in [7, 11) is 1.80. The number of hydrogen-bond donors (Lipinski definition) is 3. The number of anilines is 2. The minimum absolute atomic E-state index is 0. The molecular formula is C24H34IN5O. The second-order valence-electron chi connectivity index (χ2n) is 7.78. The van der Waals surface area contributed by atoms with E-state index in [0.717, 1.165) is 37.7 Å². The summed E-state index contributed by atoms with van der Waals surface area (Å²) in [6.07, 6.45) is 3.44. The standard InChI is InChI=1S/C24H33N5O.HI/c1-18(21-7-6-8-23(17-21)29-15-4-5-16-29)27-24(25-3)26-14-13-20-9-11-22(12-10-20)28-19(2)30;/h6-12,17-18H,4-5,13-16H2,1-3H3,(H,28,30)(H2,25,26,27);1H. The maximum atomic E-state index is 11.1. The predicted molar refractivity (Wildman–Crippen MR) is 141 cm³/mol. The SMILES string of the molecule is CN=C(NCCc1ccc(NC(C)=O)cc1)NC(C)c1cccc(N2CCCC2)c1.I. The van der Waals surface area contributed by atoms with Gasteiger partial charge in [0.2, 0.25) is 5.91 Å². The topological polar surface area (TPSA) is 68.8 Å². The third-order valence-corrected chi connectivity index (χ3v) is 5.40. The van der Waals surface area contributed by atoms with Crippen molar-refractivity contribution >= 4 is 47.2 Å². The fraction of sp³-hybridized carbons (Fsp3) is 0.417. The van der Waals surface area contributed by atoms with E-state index in [1.165, 1.54) is 36.6 Å². The molecule has 168 valence electrons. The molecule has 1 aliphatic rings. The molecule has 1 atom stereocenters. The van der Waals surface area contributed by atoms with Crippen molar-refractivity contribution in [1.29, 1.82) is 0 Å². The molecule has 1 unspecified atom stereocenters. The summed E-state index contributed by atoms with van der Waals surface area (Å²) in [5.74, 6) is 0.739. The molecule has 1 heterocycles. The second kappa shape index (κ2) is 12.5. The molecule has 2 aromatic carbocycles. The third kappa shape index (κ3) is 7.72. The Morgan fingerprint density at radius 3 is 2.48 bits per heavy atom. The van der Waals surface area contributed by atoms with Crippen LogP contribution in [0, 0.1) is 0 Å². The Bertz CT molecular complexity index is 863. The van der Waals surface area contributed by atoms with E-state index < -0.39 is 0 Å². The fourth-order valence-electron chi connectivity index (χ4n) is 3.73. The molecule has 0 saturated carbocycles. The van der Waals surface area contributed by atoms with Gasteiger partial charge in [0.1, 0.15) is 0 Å². The summed E-state index contributed by atoms with van der Waals surface area (Å²) in [5, 5.41) is 9.67. The number of rotatable bonds is 7. The van der Waals surface area contributed by atoms with Crippen LogP contribution in [-0.4, -0.2) is 38.5 Å². The Labute approximate surface area is 202 Å². The number of benzene rings is 2. The molecule has 31 heavy (non-hydrogen) atoms. The maximum Gasteiger partial charge on any atom is 0.221 e. The number of carbonyl (C=O) groups excluding carboxylic acids is 1. The first-order valence-corrected chi connectivity index (χ1v) is 10.7. The number of nitrogens with zero attached hydrogens (tertiary/aromatic N) is 2. The lowest BCUT2D eigenvalue weighted by Gasteiger charge is -2.22. The minimum atomic E-state index is -0.0561. The Balaban J connectivity index is 0.00000341. The first-order valence-electron chi connectivity index (χ1n) is 10.7. The van der Waals surface area contributed by atoms with Crippen molar-refractivity contribution in [2.24, 2.45) is 4.99 Å². The van der Waals surface area contributed by atoms with Crippen molar-refractivity contribution in [2.75, 3.05) is 36.9 Å². The zero-order chi connectivity index (χ0) is 21.3. The van der Waals surface area contributed by atoms with Crippen LogP contribution in [0.2, 0.25) is 0 Å². The van der Waals surface area contributed by atoms with Crippen molar-refractivity contribution in [3.05, 3.63) is 59.7 Å². The van der Waals surface area contributed by atoms with Gasteiger partial charge in [-0.15, -0.1) is 24.0 Å². The number of carbonyl (C=O) groups is 1. The number of halogens is 1. The highest BCUT2D eigenvalue weighted by Gasteiger charge is 2.14. The normalized spacial score (nSPS) is 14.5. The van der Waals surface area contributed by atoms with Gasteiger partial charge in [0.25, 0.3) is 0 Å². The highest BCUT2D eigenvalue weighted by molar-refractivity contribution is 14.0. The zero-order valence-electron chi connectivity index (χ0n) is 18.6. The Morgan fingerprint density at radius 1 is 1.13 bits per heavy atom. The quantitative estimate of drug-likeness (QED) is 0.281. The molecule has 0 aliphatic carbocycles. The Morgan fingerprint density at radius 2 is 1.84 bits per heavy atom. The number of nitrogens with one attached hydrogen (secondary N) is 3. The maximum absolute atomic E-state index is 11.1. The van der Waals surface area contributed by atoms with Crippen molar-refractivity contribution in [3.8, 4) is 0 Å². The lowest BCUT2D eigenvalue weighted by atomic mass is 10.1. The van der Waals surface area contributed by atoms with Crippen LogP contribution in [0.15, 0.2) is 53.5 Å². The van der Waals surface area contributed by atoms with Crippen molar-refractivity contribution in [3.63, 3.8) is 0 Å². The summed E-state index contributed by atoms with van der Waals surface area (Å²) in [4.78, 5) is 17.9. The monoisotopic (exact) mass is 535 g/mol. The smallest absolute Gasteiger partial charge is 0.221 e. The van der Waals surface area contributed by atoms with Gasteiger partial charge >= 0.3 is 0 Å². The molecule has 0 aromatic heterocycles. The Kier molecular flexibility index (Phi) is 10.1. The van der Waals surface area contributed by atoms with E-state index in [2.05, 4.69) is 57.0 Å². The molecule has 7 heteroatoms. The van der Waals surface area contributed by atoms with Crippen LogP contribution in [0.3, 0.4) is 0 Å². The van der Waals surface area contributed by atoms with Gasteiger partial charge in [0.15, 0.2) is 5.96 Å². The van der Waals surface area contributed by atoms with E-state index >= 15 is 0 Å². The van der Waals surface area contributed by atoms with Crippen LogP contribution in [0.4, 0.5) is 11.4 Å². The average Bonchev–Trinajstić information content (AvgIpc) is 3.29. The summed E-state index contributed by atoms with van der Waals surface area (Å²) < 4.78 is 0. The van der Waals surface area contributed by atoms with Gasteiger partial charge in [-0.05, 0) is 61.6 Å². The van der Waals surface area contributed by atoms with Crippen LogP contribution in [0.1, 0.15) is 43.9 Å². The number of hydrogen-bond acceptors (Lipinski definition) is 3. The minimum Gasteiger partial charge on any atom is -0.372 e. The molecule has 0 radical (unpaired) electrons. The molecule has 3 N–H and O–H groups in total. The van der Waals surface area contributed by atoms with Crippen molar-refractivity contribution in [1.82, 2.24) is 10.6 Å². The van der Waals surface area contributed by atoms with Gasteiger partial charge in [-0.3, -0.25) is 9.79 Å². The number of guanidine groups is 1. The van der Waals surface area contributed by atoms with Crippen LogP contribution >= 0.6 is 24.0 Å². The van der Waals surface area contributed by atoms with Crippen LogP contribution in [-0.2, 0) is 11.2 Å². The summed E-state index contributed by atoms with van der Waals surface area (Å²) in [5.41, 5.74) is 4.60. The highest BCUT2D eigenvalue weighted by Crippen LogP contribution is 2.23. The first-order chi connectivity index (χ1) is 14.5. The molecule has 1 fully saturated rings. The van der Waals surface area contributed by atoms with Gasteiger partial charge in [-0.25, -0.2) is 0 Å². The van der Waals surface area contributed by atoms with E-state index in [4.69, 9.17) is 0 Å². The van der Waals surface area contributed by atoms with Crippen molar-refractivity contribution in [2.45, 2.75) is 39.2 Å². The van der Waals surface area contributed by atoms with Gasteiger partial charge in [-0.1, -0.05) is 24.3 Å². The summed E-state index contributed by atoms with van der Waals surface area (Å²) >= 11 is 0. The molecule has 6 nitrogen and oxygen atoms in total. The summed E-state index contributed by atoms with van der Waals surface area (Å²) in [6.45, 7) is 6.76. The van der Waals surface area contributed by atoms with Gasteiger partial charge in [0, 0.05) is 45.0 Å². The average molecular weight is 535 g/mol. The van der Waals surface area contributed by atoms with Gasteiger partial charge in [-0.2, -0.15) is 0 Å². The Hall–Kier alpha value is -2.29. The van der Waals surface area contributed by atoms with Crippen LogP contribution in [0.25, 0.3) is 0 Å². The van der Waals surface area contributed by atoms with E-state index in [9.17, 15) is 4.79 Å². The molecule has 2 aromatic rings. The second-order valence-corrected chi connectivity index (χ2v) is 7.78. The first kappa shape index (κ1) is 25.0. The molecule has 0 spiro atoms.